The van der Waals surface area contributed by atoms with E-state index in [1.807, 2.05) is 18.2 Å². The summed E-state index contributed by atoms with van der Waals surface area (Å²) in [6.07, 6.45) is 0.767. The fourth-order valence-electron chi connectivity index (χ4n) is 1.43. The number of hydrazone groups is 1. The Kier molecular flexibility index (Phi) is 6.00. The number of hydrogen-bond donors (Lipinski definition) is 2. The summed E-state index contributed by atoms with van der Waals surface area (Å²) in [5.41, 5.74) is 2.94. The highest BCUT2D eigenvalue weighted by Crippen LogP contribution is 2.30. The molecule has 6 nitrogen and oxygen atoms in total. The molecular formula is C13H12Cl2N4O2S. The molecule has 1 aromatic carbocycles. The summed E-state index contributed by atoms with van der Waals surface area (Å²) in [7, 11) is 0. The Morgan fingerprint density at radius 3 is 2.95 bits per heavy atom. The summed E-state index contributed by atoms with van der Waals surface area (Å²) in [4.78, 5) is 15.8. The molecule has 0 radical (unpaired) electrons. The molecule has 2 rings (SSSR count). The predicted octanol–water partition coefficient (Wildman–Crippen LogP) is 4.27. The van der Waals surface area contributed by atoms with Gasteiger partial charge in [-0.1, -0.05) is 46.7 Å². The van der Waals surface area contributed by atoms with E-state index in [4.69, 9.17) is 23.2 Å². The number of thiazole rings is 1. The van der Waals surface area contributed by atoms with Crippen LogP contribution in [-0.4, -0.2) is 23.9 Å². The van der Waals surface area contributed by atoms with Crippen molar-refractivity contribution in [3.05, 3.63) is 39.3 Å². The molecule has 0 aliphatic heterocycles. The average molecular weight is 359 g/mol. The summed E-state index contributed by atoms with van der Waals surface area (Å²) >= 11 is 13.4. The van der Waals surface area contributed by atoms with Gasteiger partial charge in [-0.15, -0.1) is 0 Å². The maximum atomic E-state index is 11.1. The van der Waals surface area contributed by atoms with Crippen molar-refractivity contribution in [3.8, 4) is 0 Å². The summed E-state index contributed by atoms with van der Waals surface area (Å²) < 4.78 is 4.67. The van der Waals surface area contributed by atoms with Crippen molar-refractivity contribution < 1.29 is 9.53 Å². The topological polar surface area (TPSA) is 75.6 Å². The second-order valence-corrected chi connectivity index (χ2v) is 5.67. The second-order valence-electron chi connectivity index (χ2n) is 3.87. The third-order valence-corrected chi connectivity index (χ3v) is 3.97. The van der Waals surface area contributed by atoms with E-state index in [2.05, 4.69) is 25.6 Å². The van der Waals surface area contributed by atoms with Gasteiger partial charge in [0.15, 0.2) is 10.3 Å². The van der Waals surface area contributed by atoms with Crippen LogP contribution in [0.5, 0.6) is 0 Å². The zero-order chi connectivity index (χ0) is 15.9. The lowest BCUT2D eigenvalue weighted by molar-refractivity contribution is 0.152. The Labute approximate surface area is 141 Å². The molecule has 0 saturated heterocycles. The lowest BCUT2D eigenvalue weighted by Crippen LogP contribution is -2.18. The van der Waals surface area contributed by atoms with E-state index in [0.29, 0.717) is 15.0 Å². The molecule has 0 aliphatic carbocycles. The minimum Gasteiger partial charge on any atom is -0.449 e. The molecule has 2 aromatic rings. The van der Waals surface area contributed by atoms with Crippen LogP contribution in [-0.2, 0) is 4.74 Å². The number of ether oxygens (including phenoxy) is 1. The zero-order valence-electron chi connectivity index (χ0n) is 11.5. The van der Waals surface area contributed by atoms with E-state index in [9.17, 15) is 4.79 Å². The van der Waals surface area contributed by atoms with Gasteiger partial charge in [0, 0.05) is 0 Å². The number of nitrogens with one attached hydrogen (secondary N) is 2. The van der Waals surface area contributed by atoms with Crippen LogP contribution in [0.2, 0.25) is 10.2 Å². The predicted molar refractivity (Wildman–Crippen MR) is 89.6 cm³/mol. The highest BCUT2D eigenvalue weighted by molar-refractivity contribution is 7.17. The van der Waals surface area contributed by atoms with E-state index >= 15 is 0 Å². The van der Waals surface area contributed by atoms with Crippen LogP contribution in [0.1, 0.15) is 11.8 Å². The Morgan fingerprint density at radius 2 is 2.23 bits per heavy atom. The van der Waals surface area contributed by atoms with Crippen LogP contribution >= 0.6 is 34.5 Å². The highest BCUT2D eigenvalue weighted by Gasteiger charge is 2.09. The SMILES string of the molecule is CCOC(=O)N/N=C/c1sc(Nc2ccccc2Cl)nc1Cl. The first-order chi connectivity index (χ1) is 10.6. The van der Waals surface area contributed by atoms with Gasteiger partial charge in [-0.3, -0.25) is 0 Å². The van der Waals surface area contributed by atoms with Gasteiger partial charge >= 0.3 is 6.09 Å². The number of para-hydroxylation sites is 1. The third-order valence-electron chi connectivity index (χ3n) is 2.34. The largest absolute Gasteiger partial charge is 0.449 e. The van der Waals surface area contributed by atoms with Gasteiger partial charge in [-0.25, -0.2) is 15.2 Å². The van der Waals surface area contributed by atoms with Crippen LogP contribution in [0.4, 0.5) is 15.6 Å². The van der Waals surface area contributed by atoms with Gasteiger partial charge in [0.1, 0.15) is 0 Å². The molecule has 0 unspecified atom stereocenters. The summed E-state index contributed by atoms with van der Waals surface area (Å²) in [6.45, 7) is 1.98. The Hall–Kier alpha value is -1.83. The molecule has 1 aromatic heterocycles. The van der Waals surface area contributed by atoms with E-state index in [-0.39, 0.29) is 11.8 Å². The third kappa shape index (κ3) is 4.59. The van der Waals surface area contributed by atoms with E-state index < -0.39 is 6.09 Å². The Bertz CT molecular complexity index is 690. The molecular weight excluding hydrogens is 347 g/mol. The van der Waals surface area contributed by atoms with Crippen molar-refractivity contribution >= 4 is 57.7 Å². The maximum absolute atomic E-state index is 11.1. The lowest BCUT2D eigenvalue weighted by Gasteiger charge is -2.03. The maximum Gasteiger partial charge on any atom is 0.427 e. The minimum absolute atomic E-state index is 0.272. The fraction of sp³-hybridized carbons (Fsp3) is 0.154. The van der Waals surface area contributed by atoms with E-state index in [0.717, 1.165) is 5.69 Å². The van der Waals surface area contributed by atoms with Crippen LogP contribution in [0.25, 0.3) is 0 Å². The first-order valence-electron chi connectivity index (χ1n) is 6.24. The summed E-state index contributed by atoms with van der Waals surface area (Å²) in [6, 6.07) is 7.29. The van der Waals surface area contributed by atoms with Crippen LogP contribution in [0.3, 0.4) is 0 Å². The normalized spacial score (nSPS) is 10.7. The van der Waals surface area contributed by atoms with Gasteiger partial charge < -0.3 is 10.1 Å². The van der Waals surface area contributed by atoms with Gasteiger partial charge in [0.05, 0.1) is 28.4 Å². The molecule has 0 atom stereocenters. The number of anilines is 2. The minimum atomic E-state index is -0.631. The van der Waals surface area contributed by atoms with E-state index in [1.54, 1.807) is 13.0 Å². The first kappa shape index (κ1) is 16.5. The van der Waals surface area contributed by atoms with Crippen LogP contribution < -0.4 is 10.7 Å². The molecule has 22 heavy (non-hydrogen) atoms. The van der Waals surface area contributed by atoms with Crippen molar-refractivity contribution in [2.24, 2.45) is 5.10 Å². The Balaban J connectivity index is 2.04. The lowest BCUT2D eigenvalue weighted by atomic mass is 10.3. The summed E-state index contributed by atoms with van der Waals surface area (Å²) in [5, 5.41) is 8.23. The molecule has 1 amide bonds. The van der Waals surface area contributed by atoms with Crippen molar-refractivity contribution in [1.29, 1.82) is 0 Å². The number of carbonyl (C=O) groups excluding carboxylic acids is 1. The van der Waals surface area contributed by atoms with Crippen molar-refractivity contribution in [3.63, 3.8) is 0 Å². The molecule has 116 valence electrons. The Morgan fingerprint density at radius 1 is 1.45 bits per heavy atom. The number of amides is 1. The number of rotatable bonds is 5. The summed E-state index contributed by atoms with van der Waals surface area (Å²) in [5.74, 6) is 0. The molecule has 0 bridgehead atoms. The molecule has 0 saturated carbocycles. The smallest absolute Gasteiger partial charge is 0.427 e. The number of carbonyl (C=O) groups is 1. The first-order valence-corrected chi connectivity index (χ1v) is 7.81. The standard InChI is InChI=1S/C13H12Cl2N4O2S/c1-2-21-13(20)19-16-7-10-11(15)18-12(22-10)17-9-6-4-3-5-8(9)14/h3-7H,2H2,1H3,(H,17,18)(H,19,20)/b16-7+. The van der Waals surface area contributed by atoms with Crippen molar-refractivity contribution in [2.75, 3.05) is 11.9 Å². The fourth-order valence-corrected chi connectivity index (χ4v) is 2.65. The van der Waals surface area contributed by atoms with Gasteiger partial charge in [-0.2, -0.15) is 5.10 Å². The van der Waals surface area contributed by atoms with Gasteiger partial charge in [0.25, 0.3) is 0 Å². The van der Waals surface area contributed by atoms with Gasteiger partial charge in [-0.05, 0) is 19.1 Å². The number of nitrogens with zero attached hydrogens (tertiary/aromatic N) is 2. The van der Waals surface area contributed by atoms with Crippen LogP contribution in [0, 0.1) is 0 Å². The monoisotopic (exact) mass is 358 g/mol. The number of aromatic nitrogens is 1. The molecule has 1 heterocycles. The molecule has 0 spiro atoms. The number of benzene rings is 1. The van der Waals surface area contributed by atoms with Crippen LogP contribution in [0.15, 0.2) is 29.4 Å². The number of hydrogen-bond acceptors (Lipinski definition) is 6. The highest BCUT2D eigenvalue weighted by atomic mass is 35.5. The second kappa shape index (κ2) is 7.98. The molecule has 0 aliphatic rings. The number of halogens is 2. The van der Waals surface area contributed by atoms with Crippen molar-refractivity contribution in [2.45, 2.75) is 6.92 Å². The average Bonchev–Trinajstić information content (AvgIpc) is 2.82. The quantitative estimate of drug-likeness (QED) is 0.617. The molecule has 0 fully saturated rings. The van der Waals surface area contributed by atoms with Crippen molar-refractivity contribution in [1.82, 2.24) is 10.4 Å². The van der Waals surface area contributed by atoms with Gasteiger partial charge in [0.2, 0.25) is 0 Å². The molecule has 2 N–H and O–H groups in total. The van der Waals surface area contributed by atoms with E-state index in [1.165, 1.54) is 17.6 Å². The zero-order valence-corrected chi connectivity index (χ0v) is 13.8. The molecule has 9 heteroatoms.